The van der Waals surface area contributed by atoms with E-state index >= 15 is 0 Å². The highest BCUT2D eigenvalue weighted by Crippen LogP contribution is 2.40. The minimum atomic E-state index is -3.96. The fourth-order valence-electron chi connectivity index (χ4n) is 6.36. The Kier molecular flexibility index (Phi) is 8.52. The van der Waals surface area contributed by atoms with Crippen molar-refractivity contribution in [2.45, 2.75) is 86.2 Å². The van der Waals surface area contributed by atoms with Crippen LogP contribution in [0.4, 0.5) is 0 Å². The molecule has 206 valence electrons. The van der Waals surface area contributed by atoms with Gasteiger partial charge in [0.25, 0.3) is 15.9 Å². The smallest absolute Gasteiger partial charge is 0.259 e. The van der Waals surface area contributed by atoms with E-state index in [1.165, 1.54) is 4.31 Å². The summed E-state index contributed by atoms with van der Waals surface area (Å²) in [6, 6.07) is 13.1. The molecule has 1 aromatic heterocycles. The van der Waals surface area contributed by atoms with Crippen molar-refractivity contribution in [2.75, 3.05) is 13.1 Å². The van der Waals surface area contributed by atoms with Gasteiger partial charge in [0.05, 0.1) is 5.92 Å². The lowest BCUT2D eigenvalue weighted by Gasteiger charge is -2.44. The van der Waals surface area contributed by atoms with Gasteiger partial charge in [0.15, 0.2) is 6.17 Å². The van der Waals surface area contributed by atoms with Gasteiger partial charge in [0, 0.05) is 25.2 Å². The molecule has 3 fully saturated rings. The summed E-state index contributed by atoms with van der Waals surface area (Å²) in [5.74, 6) is -0.791. The molecular formula is C28H38N4O4S2. The molecule has 38 heavy (non-hydrogen) atoms. The summed E-state index contributed by atoms with van der Waals surface area (Å²) in [6.45, 7) is 0.538. The summed E-state index contributed by atoms with van der Waals surface area (Å²) in [4.78, 5) is 29.9. The van der Waals surface area contributed by atoms with Gasteiger partial charge in [0.1, 0.15) is 4.21 Å². The molecule has 5 rings (SSSR count). The van der Waals surface area contributed by atoms with Gasteiger partial charge in [-0.15, -0.1) is 11.3 Å². The van der Waals surface area contributed by atoms with E-state index in [0.29, 0.717) is 13.0 Å². The second kappa shape index (κ2) is 11.9. The molecule has 2 amide bonds. The van der Waals surface area contributed by atoms with E-state index in [2.05, 4.69) is 5.32 Å². The minimum Gasteiger partial charge on any atom is -0.350 e. The van der Waals surface area contributed by atoms with Crippen molar-refractivity contribution in [3.05, 3.63) is 53.4 Å². The van der Waals surface area contributed by atoms with Crippen molar-refractivity contribution in [1.82, 2.24) is 14.5 Å². The van der Waals surface area contributed by atoms with Crippen molar-refractivity contribution in [3.8, 4) is 0 Å². The number of thiophene rings is 1. The zero-order valence-electron chi connectivity index (χ0n) is 21.7. The Labute approximate surface area is 229 Å². The molecule has 3 aliphatic rings. The monoisotopic (exact) mass is 558 g/mol. The summed E-state index contributed by atoms with van der Waals surface area (Å²) in [5.41, 5.74) is 7.00. The van der Waals surface area contributed by atoms with Gasteiger partial charge in [0.2, 0.25) is 5.91 Å². The SMILES string of the molecule is NC1CCC(NC(=O)C2N(C(=O)C(c3ccccc3)C3CCCC3)CCCN2S(=O)(=O)c2cccs2)CC1. The molecule has 1 saturated heterocycles. The minimum absolute atomic E-state index is 0.0766. The molecule has 0 spiro atoms. The highest BCUT2D eigenvalue weighted by atomic mass is 32.2. The molecule has 2 aromatic rings. The van der Waals surface area contributed by atoms with Crippen LogP contribution in [-0.4, -0.2) is 60.8 Å². The maximum Gasteiger partial charge on any atom is 0.259 e. The third-order valence-corrected chi connectivity index (χ3v) is 11.6. The first kappa shape index (κ1) is 27.3. The molecule has 1 aliphatic heterocycles. The Balaban J connectivity index is 1.49. The van der Waals surface area contributed by atoms with E-state index in [1.807, 2.05) is 30.3 Å². The maximum atomic E-state index is 14.4. The standard InChI is InChI=1S/C28H38N4O4S2/c29-22-13-15-23(16-14-22)30-26(33)27-31(17-7-18-32(27)38(35,36)24-12-6-19-37-24)28(34)25(21-10-4-5-11-21)20-8-2-1-3-9-20/h1-3,6,8-9,12,19,21-23,25,27H,4-5,7,10-11,13-18,29H2,(H,30,33). The number of benzene rings is 1. The first-order chi connectivity index (χ1) is 18.4. The fourth-order valence-corrected chi connectivity index (χ4v) is 9.08. The molecular weight excluding hydrogens is 520 g/mol. The number of hydrogen-bond donors (Lipinski definition) is 2. The largest absolute Gasteiger partial charge is 0.350 e. The summed E-state index contributed by atoms with van der Waals surface area (Å²) < 4.78 is 29.0. The molecule has 2 aliphatic carbocycles. The van der Waals surface area contributed by atoms with E-state index in [4.69, 9.17) is 5.73 Å². The van der Waals surface area contributed by atoms with Crippen LogP contribution in [0.1, 0.15) is 69.3 Å². The lowest BCUT2D eigenvalue weighted by atomic mass is 9.83. The summed E-state index contributed by atoms with van der Waals surface area (Å²) in [6.07, 6.45) is 6.45. The van der Waals surface area contributed by atoms with E-state index in [-0.39, 0.29) is 34.7 Å². The number of nitrogens with zero attached hydrogens (tertiary/aromatic N) is 2. The number of carbonyl (C=O) groups is 2. The van der Waals surface area contributed by atoms with Crippen LogP contribution >= 0.6 is 11.3 Å². The molecule has 0 bridgehead atoms. The second-order valence-electron chi connectivity index (χ2n) is 10.9. The van der Waals surface area contributed by atoms with Crippen molar-refractivity contribution in [3.63, 3.8) is 0 Å². The van der Waals surface area contributed by atoms with Crippen molar-refractivity contribution in [2.24, 2.45) is 11.7 Å². The predicted octanol–water partition coefficient (Wildman–Crippen LogP) is 3.66. The van der Waals surface area contributed by atoms with E-state index in [9.17, 15) is 18.0 Å². The van der Waals surface area contributed by atoms with Crippen molar-refractivity contribution >= 4 is 33.2 Å². The number of nitrogens with two attached hydrogens (primary N) is 1. The Morgan fingerprint density at radius 2 is 1.63 bits per heavy atom. The number of hydrogen-bond acceptors (Lipinski definition) is 6. The topological polar surface area (TPSA) is 113 Å². The van der Waals surface area contributed by atoms with Gasteiger partial charge in [-0.25, -0.2) is 8.42 Å². The van der Waals surface area contributed by atoms with E-state index in [0.717, 1.165) is 68.3 Å². The quantitative estimate of drug-likeness (QED) is 0.539. The third-order valence-electron chi connectivity index (χ3n) is 8.34. The van der Waals surface area contributed by atoms with Gasteiger partial charge in [-0.1, -0.05) is 49.2 Å². The van der Waals surface area contributed by atoms with Crippen LogP contribution in [-0.2, 0) is 19.6 Å². The van der Waals surface area contributed by atoms with Crippen LogP contribution in [0.3, 0.4) is 0 Å². The Morgan fingerprint density at radius 3 is 2.29 bits per heavy atom. The van der Waals surface area contributed by atoms with E-state index in [1.54, 1.807) is 22.4 Å². The Hall–Kier alpha value is -2.27. The molecule has 2 atom stereocenters. The average Bonchev–Trinajstić information content (AvgIpc) is 3.66. The normalized spacial score (nSPS) is 26.2. The van der Waals surface area contributed by atoms with Crippen LogP contribution in [0, 0.1) is 5.92 Å². The highest BCUT2D eigenvalue weighted by molar-refractivity contribution is 7.91. The molecule has 2 unspecified atom stereocenters. The molecule has 10 heteroatoms. The molecule has 2 saturated carbocycles. The number of amides is 2. The van der Waals surface area contributed by atoms with Gasteiger partial charge < -0.3 is 16.0 Å². The molecule has 1 aromatic carbocycles. The van der Waals surface area contributed by atoms with Crippen LogP contribution in [0.25, 0.3) is 0 Å². The average molecular weight is 559 g/mol. The molecule has 8 nitrogen and oxygen atoms in total. The third kappa shape index (κ3) is 5.68. The first-order valence-electron chi connectivity index (χ1n) is 13.8. The Bertz CT molecular complexity index is 1190. The van der Waals surface area contributed by atoms with Crippen molar-refractivity contribution in [1.29, 1.82) is 0 Å². The van der Waals surface area contributed by atoms with Gasteiger partial charge in [-0.05, 0) is 67.9 Å². The molecule has 0 radical (unpaired) electrons. The van der Waals surface area contributed by atoms with Crippen molar-refractivity contribution < 1.29 is 18.0 Å². The van der Waals surface area contributed by atoms with Crippen LogP contribution < -0.4 is 11.1 Å². The number of nitrogens with one attached hydrogen (secondary N) is 1. The van der Waals surface area contributed by atoms with Gasteiger partial charge in [-0.3, -0.25) is 9.59 Å². The number of sulfonamides is 1. The van der Waals surface area contributed by atoms with Crippen LogP contribution in [0.5, 0.6) is 0 Å². The van der Waals surface area contributed by atoms with E-state index < -0.39 is 28.0 Å². The lowest BCUT2D eigenvalue weighted by molar-refractivity contribution is -0.150. The summed E-state index contributed by atoms with van der Waals surface area (Å²) in [5, 5.41) is 4.81. The zero-order valence-corrected chi connectivity index (χ0v) is 23.3. The molecule has 3 N–H and O–H groups in total. The fraction of sp³-hybridized carbons (Fsp3) is 0.571. The van der Waals surface area contributed by atoms with Crippen LogP contribution in [0.2, 0.25) is 0 Å². The van der Waals surface area contributed by atoms with Crippen LogP contribution in [0.15, 0.2) is 52.1 Å². The number of carbonyl (C=O) groups excluding carboxylic acids is 2. The summed E-state index contributed by atoms with van der Waals surface area (Å²) in [7, 11) is -3.96. The predicted molar refractivity (Wildman–Crippen MR) is 148 cm³/mol. The first-order valence-corrected chi connectivity index (χ1v) is 16.1. The Morgan fingerprint density at radius 1 is 0.921 bits per heavy atom. The summed E-state index contributed by atoms with van der Waals surface area (Å²) >= 11 is 1.13. The highest BCUT2D eigenvalue weighted by Gasteiger charge is 2.47. The second-order valence-corrected chi connectivity index (χ2v) is 13.9. The lowest BCUT2D eigenvalue weighted by Crippen LogP contribution is -2.65. The molecule has 2 heterocycles. The van der Waals surface area contributed by atoms with Gasteiger partial charge >= 0.3 is 0 Å². The number of rotatable bonds is 7. The van der Waals surface area contributed by atoms with Gasteiger partial charge in [-0.2, -0.15) is 4.31 Å². The zero-order chi connectivity index (χ0) is 26.7. The maximum absolute atomic E-state index is 14.4.